The highest BCUT2D eigenvalue weighted by Crippen LogP contribution is 2.26. The molecule has 2 aromatic heterocycles. The Hall–Kier alpha value is -3.88. The lowest BCUT2D eigenvalue weighted by molar-refractivity contribution is -0.126. The third-order valence-corrected chi connectivity index (χ3v) is 5.14. The maximum absolute atomic E-state index is 12.6. The average Bonchev–Trinajstić information content (AvgIpc) is 3.45. The Balaban J connectivity index is 1.34. The van der Waals surface area contributed by atoms with Crippen molar-refractivity contribution in [2.45, 2.75) is 13.0 Å². The van der Waals surface area contributed by atoms with Gasteiger partial charge in [-0.3, -0.25) is 14.4 Å². The number of methoxy groups -OCH3 is 1. The van der Waals surface area contributed by atoms with Crippen molar-refractivity contribution in [3.63, 3.8) is 0 Å². The molecule has 160 valence electrons. The normalized spacial score (nSPS) is 15.8. The van der Waals surface area contributed by atoms with Crippen LogP contribution < -0.4 is 20.5 Å². The number of aromatic nitrogens is 2. The van der Waals surface area contributed by atoms with Crippen molar-refractivity contribution in [1.82, 2.24) is 15.1 Å². The summed E-state index contributed by atoms with van der Waals surface area (Å²) in [7, 11) is 1.58. The van der Waals surface area contributed by atoms with Gasteiger partial charge in [0.25, 0.3) is 5.56 Å². The molecule has 0 aliphatic carbocycles. The average molecular weight is 422 g/mol. The van der Waals surface area contributed by atoms with Gasteiger partial charge in [0.1, 0.15) is 11.4 Å². The molecule has 9 nitrogen and oxygen atoms in total. The molecule has 0 spiro atoms. The highest BCUT2D eigenvalue weighted by Gasteiger charge is 2.34. The van der Waals surface area contributed by atoms with Crippen LogP contribution in [0.2, 0.25) is 0 Å². The molecule has 3 heterocycles. The zero-order valence-corrected chi connectivity index (χ0v) is 17.0. The van der Waals surface area contributed by atoms with Gasteiger partial charge in [0.05, 0.1) is 25.8 Å². The van der Waals surface area contributed by atoms with E-state index < -0.39 is 5.92 Å². The van der Waals surface area contributed by atoms with E-state index in [0.29, 0.717) is 23.7 Å². The Morgan fingerprint density at radius 1 is 1.19 bits per heavy atom. The number of carbonyl (C=O) groups is 2. The minimum absolute atomic E-state index is 0.102. The molecule has 1 aliphatic heterocycles. The number of furan rings is 1. The number of benzene rings is 1. The van der Waals surface area contributed by atoms with E-state index in [1.54, 1.807) is 54.5 Å². The van der Waals surface area contributed by atoms with E-state index in [4.69, 9.17) is 9.15 Å². The van der Waals surface area contributed by atoms with Gasteiger partial charge in [-0.2, -0.15) is 5.10 Å². The lowest BCUT2D eigenvalue weighted by Gasteiger charge is -2.17. The number of anilines is 1. The van der Waals surface area contributed by atoms with Crippen LogP contribution in [0, 0.1) is 5.92 Å². The van der Waals surface area contributed by atoms with Crippen LogP contribution in [0.3, 0.4) is 0 Å². The van der Waals surface area contributed by atoms with E-state index in [1.165, 1.54) is 17.0 Å². The van der Waals surface area contributed by atoms with E-state index in [0.717, 1.165) is 5.69 Å². The number of carbonyl (C=O) groups excluding carboxylic acids is 2. The van der Waals surface area contributed by atoms with Crippen LogP contribution in [0.5, 0.6) is 5.75 Å². The molecule has 1 atom stereocenters. The van der Waals surface area contributed by atoms with Gasteiger partial charge in [-0.25, -0.2) is 4.68 Å². The molecule has 0 radical (unpaired) electrons. The highest BCUT2D eigenvalue weighted by molar-refractivity contribution is 6.00. The standard InChI is InChI=1S/C22H22N4O5/c1-30-17-6-4-16(5-7-17)25-14-15(13-21(25)28)22(29)23-10-11-26-20(27)9-8-18(24-26)19-3-2-12-31-19/h2-9,12,15H,10-11,13-14H2,1H3,(H,23,29). The predicted molar refractivity (Wildman–Crippen MR) is 113 cm³/mol. The van der Waals surface area contributed by atoms with E-state index in [-0.39, 0.29) is 36.9 Å². The Morgan fingerprint density at radius 2 is 2.00 bits per heavy atom. The fourth-order valence-electron chi connectivity index (χ4n) is 3.49. The molecule has 1 saturated heterocycles. The first-order valence-electron chi connectivity index (χ1n) is 9.89. The molecule has 2 amide bonds. The molecule has 1 N–H and O–H groups in total. The van der Waals surface area contributed by atoms with Crippen LogP contribution in [-0.2, 0) is 16.1 Å². The molecule has 0 bridgehead atoms. The number of amides is 2. The summed E-state index contributed by atoms with van der Waals surface area (Å²) in [6.07, 6.45) is 1.68. The minimum atomic E-state index is -0.450. The Kier molecular flexibility index (Phi) is 5.83. The summed E-state index contributed by atoms with van der Waals surface area (Å²) in [5.74, 6) is 0.480. The van der Waals surface area contributed by atoms with Gasteiger partial charge in [0.15, 0.2) is 5.76 Å². The van der Waals surface area contributed by atoms with Crippen LogP contribution >= 0.6 is 0 Å². The number of hydrogen-bond acceptors (Lipinski definition) is 6. The van der Waals surface area contributed by atoms with Crippen LogP contribution in [0.4, 0.5) is 5.69 Å². The highest BCUT2D eigenvalue weighted by atomic mass is 16.5. The summed E-state index contributed by atoms with van der Waals surface area (Å²) < 4.78 is 11.7. The molecule has 1 aliphatic rings. The number of rotatable bonds is 7. The first-order valence-corrected chi connectivity index (χ1v) is 9.89. The summed E-state index contributed by atoms with van der Waals surface area (Å²) in [4.78, 5) is 38.6. The summed E-state index contributed by atoms with van der Waals surface area (Å²) in [5, 5.41) is 7.08. The zero-order valence-electron chi connectivity index (χ0n) is 17.0. The lowest BCUT2D eigenvalue weighted by atomic mass is 10.1. The number of nitrogens with zero attached hydrogens (tertiary/aromatic N) is 3. The number of hydrogen-bond donors (Lipinski definition) is 1. The minimum Gasteiger partial charge on any atom is -0.497 e. The molecule has 4 rings (SSSR count). The number of ether oxygens (including phenoxy) is 1. The molecule has 1 aromatic carbocycles. The maximum Gasteiger partial charge on any atom is 0.266 e. The third kappa shape index (κ3) is 4.50. The van der Waals surface area contributed by atoms with Crippen molar-refractivity contribution >= 4 is 17.5 Å². The summed E-state index contributed by atoms with van der Waals surface area (Å²) in [5.41, 5.74) is 0.991. The Morgan fingerprint density at radius 3 is 2.71 bits per heavy atom. The van der Waals surface area contributed by atoms with Crippen LogP contribution in [-0.4, -0.2) is 41.8 Å². The molecule has 1 fully saturated rings. The van der Waals surface area contributed by atoms with Crippen molar-refractivity contribution in [2.24, 2.45) is 5.92 Å². The van der Waals surface area contributed by atoms with E-state index in [1.807, 2.05) is 0 Å². The molecule has 31 heavy (non-hydrogen) atoms. The van der Waals surface area contributed by atoms with Crippen LogP contribution in [0.1, 0.15) is 6.42 Å². The van der Waals surface area contributed by atoms with Crippen molar-refractivity contribution in [3.05, 3.63) is 65.1 Å². The molecule has 3 aromatic rings. The fraction of sp³-hybridized carbons (Fsp3) is 0.273. The second-order valence-corrected chi connectivity index (χ2v) is 7.15. The van der Waals surface area contributed by atoms with E-state index in [9.17, 15) is 14.4 Å². The van der Waals surface area contributed by atoms with Crippen molar-refractivity contribution in [3.8, 4) is 17.2 Å². The smallest absolute Gasteiger partial charge is 0.266 e. The first-order chi connectivity index (χ1) is 15.0. The monoisotopic (exact) mass is 422 g/mol. The molecule has 0 saturated carbocycles. The van der Waals surface area contributed by atoms with E-state index in [2.05, 4.69) is 10.4 Å². The van der Waals surface area contributed by atoms with Crippen molar-refractivity contribution < 1.29 is 18.7 Å². The predicted octanol–water partition coefficient (Wildman–Crippen LogP) is 1.68. The summed E-state index contributed by atoms with van der Waals surface area (Å²) >= 11 is 0. The molecule has 1 unspecified atom stereocenters. The Labute approximate surface area is 178 Å². The van der Waals surface area contributed by atoms with Gasteiger partial charge in [-0.1, -0.05) is 0 Å². The third-order valence-electron chi connectivity index (χ3n) is 5.14. The van der Waals surface area contributed by atoms with Crippen molar-refractivity contribution in [1.29, 1.82) is 0 Å². The van der Waals surface area contributed by atoms with Gasteiger partial charge >= 0.3 is 0 Å². The number of nitrogens with one attached hydrogen (secondary N) is 1. The molecule has 9 heteroatoms. The maximum atomic E-state index is 12.6. The molecular weight excluding hydrogens is 400 g/mol. The summed E-state index contributed by atoms with van der Waals surface area (Å²) in [6.45, 7) is 0.742. The molecular formula is C22H22N4O5. The zero-order chi connectivity index (χ0) is 21.8. The SMILES string of the molecule is COc1ccc(N2CC(C(=O)NCCn3nc(-c4ccco4)ccc3=O)CC2=O)cc1. The first kappa shape index (κ1) is 20.4. The van der Waals surface area contributed by atoms with Crippen LogP contribution in [0.15, 0.2) is 64.0 Å². The fourth-order valence-corrected chi connectivity index (χ4v) is 3.49. The quantitative estimate of drug-likeness (QED) is 0.621. The van der Waals surface area contributed by atoms with Gasteiger partial charge < -0.3 is 19.4 Å². The largest absolute Gasteiger partial charge is 0.497 e. The van der Waals surface area contributed by atoms with E-state index >= 15 is 0 Å². The van der Waals surface area contributed by atoms with Gasteiger partial charge in [0, 0.05) is 31.3 Å². The van der Waals surface area contributed by atoms with Gasteiger partial charge in [0.2, 0.25) is 11.8 Å². The Bertz CT molecular complexity index is 1120. The topological polar surface area (TPSA) is 107 Å². The van der Waals surface area contributed by atoms with Crippen LogP contribution in [0.25, 0.3) is 11.5 Å². The van der Waals surface area contributed by atoms with Gasteiger partial charge in [-0.05, 0) is 42.5 Å². The lowest BCUT2D eigenvalue weighted by Crippen LogP contribution is -2.36. The van der Waals surface area contributed by atoms with Gasteiger partial charge in [-0.15, -0.1) is 0 Å². The van der Waals surface area contributed by atoms with Crippen molar-refractivity contribution in [2.75, 3.05) is 25.1 Å². The summed E-state index contributed by atoms with van der Waals surface area (Å²) in [6, 6.07) is 13.6. The second-order valence-electron chi connectivity index (χ2n) is 7.15. The second kappa shape index (κ2) is 8.86.